The monoisotopic (exact) mass is 270 g/mol. The average molecular weight is 270 g/mol. The fraction of sp³-hybridized carbons (Fsp3) is 0.353. The minimum atomic E-state index is 0.201. The van der Waals surface area contributed by atoms with Gasteiger partial charge in [-0.25, -0.2) is 0 Å². The van der Waals surface area contributed by atoms with Crippen LogP contribution in [-0.2, 0) is 6.54 Å². The van der Waals surface area contributed by atoms with Crippen molar-refractivity contribution in [1.29, 1.82) is 0 Å². The highest BCUT2D eigenvalue weighted by atomic mass is 16.5. The Kier molecular flexibility index (Phi) is 4.61. The first-order valence-corrected chi connectivity index (χ1v) is 6.97. The van der Waals surface area contributed by atoms with E-state index >= 15 is 0 Å². The van der Waals surface area contributed by atoms with E-state index in [2.05, 4.69) is 35.4 Å². The summed E-state index contributed by atoms with van der Waals surface area (Å²) in [6.45, 7) is 8.92. The summed E-state index contributed by atoms with van der Waals surface area (Å²) in [5, 5.41) is 3.43. The lowest BCUT2D eigenvalue weighted by atomic mass is 10.1. The second-order valence-corrected chi connectivity index (χ2v) is 5.30. The van der Waals surface area contributed by atoms with Crippen molar-refractivity contribution in [3.8, 4) is 5.75 Å². The molecule has 0 unspecified atom stereocenters. The quantitative estimate of drug-likeness (QED) is 0.888. The van der Waals surface area contributed by atoms with Crippen LogP contribution in [0.3, 0.4) is 0 Å². The second-order valence-electron chi connectivity index (χ2n) is 5.30. The zero-order chi connectivity index (χ0) is 14.5. The molecule has 1 heterocycles. The zero-order valence-electron chi connectivity index (χ0n) is 12.6. The maximum atomic E-state index is 5.69. The molecule has 0 saturated carbocycles. The van der Waals surface area contributed by atoms with E-state index in [1.807, 2.05) is 39.1 Å². The van der Waals surface area contributed by atoms with Crippen LogP contribution in [0, 0.1) is 13.8 Å². The van der Waals surface area contributed by atoms with Crippen molar-refractivity contribution in [1.82, 2.24) is 4.98 Å². The largest absolute Gasteiger partial charge is 0.491 e. The van der Waals surface area contributed by atoms with Crippen LogP contribution >= 0.6 is 0 Å². The van der Waals surface area contributed by atoms with Gasteiger partial charge in [-0.15, -0.1) is 0 Å². The van der Waals surface area contributed by atoms with E-state index in [1.54, 1.807) is 0 Å². The van der Waals surface area contributed by atoms with Crippen LogP contribution in [0.1, 0.15) is 30.7 Å². The normalized spacial score (nSPS) is 10.7. The molecule has 0 atom stereocenters. The topological polar surface area (TPSA) is 34.1 Å². The standard InChI is InChI=1S/C17H22N2O/c1-12(2)20-16-7-8-17(13(3)9-16)19-11-15-6-5-14(4)18-10-15/h5-10,12,19H,11H2,1-4H3. The Balaban J connectivity index is 2.01. The highest BCUT2D eigenvalue weighted by Crippen LogP contribution is 2.22. The van der Waals surface area contributed by atoms with E-state index in [-0.39, 0.29) is 6.10 Å². The van der Waals surface area contributed by atoms with E-state index in [1.165, 1.54) is 11.1 Å². The van der Waals surface area contributed by atoms with E-state index in [0.717, 1.165) is 23.7 Å². The molecule has 2 aromatic rings. The van der Waals surface area contributed by atoms with Crippen LogP contribution in [-0.4, -0.2) is 11.1 Å². The van der Waals surface area contributed by atoms with Gasteiger partial charge in [-0.3, -0.25) is 4.98 Å². The van der Waals surface area contributed by atoms with Gasteiger partial charge in [0.2, 0.25) is 0 Å². The summed E-state index contributed by atoms with van der Waals surface area (Å²) in [6, 6.07) is 10.3. The van der Waals surface area contributed by atoms with Gasteiger partial charge in [0.15, 0.2) is 0 Å². The van der Waals surface area contributed by atoms with Crippen LogP contribution in [0.2, 0.25) is 0 Å². The molecule has 0 aliphatic heterocycles. The molecule has 0 saturated heterocycles. The minimum Gasteiger partial charge on any atom is -0.491 e. The summed E-state index contributed by atoms with van der Waals surface area (Å²) in [5.74, 6) is 0.917. The van der Waals surface area contributed by atoms with Gasteiger partial charge < -0.3 is 10.1 Å². The van der Waals surface area contributed by atoms with Gasteiger partial charge in [-0.05, 0) is 63.1 Å². The predicted octanol–water partition coefficient (Wildman–Crippen LogP) is 4.10. The summed E-state index contributed by atoms with van der Waals surface area (Å²) < 4.78 is 5.69. The molecule has 0 radical (unpaired) electrons. The van der Waals surface area contributed by atoms with Crippen LogP contribution in [0.15, 0.2) is 36.5 Å². The molecule has 3 heteroatoms. The van der Waals surface area contributed by atoms with Gasteiger partial charge >= 0.3 is 0 Å². The van der Waals surface area contributed by atoms with Crippen LogP contribution < -0.4 is 10.1 Å². The van der Waals surface area contributed by atoms with Crippen LogP contribution in [0.5, 0.6) is 5.75 Å². The first kappa shape index (κ1) is 14.4. The van der Waals surface area contributed by atoms with Crippen molar-refractivity contribution in [2.45, 2.75) is 40.3 Å². The van der Waals surface area contributed by atoms with Crippen molar-refractivity contribution in [3.63, 3.8) is 0 Å². The second kappa shape index (κ2) is 6.42. The Labute approximate surface area is 121 Å². The molecule has 1 aromatic heterocycles. The minimum absolute atomic E-state index is 0.201. The summed E-state index contributed by atoms with van der Waals surface area (Å²) in [7, 11) is 0. The number of aryl methyl sites for hydroxylation is 2. The lowest BCUT2D eigenvalue weighted by Crippen LogP contribution is -2.06. The lowest BCUT2D eigenvalue weighted by molar-refractivity contribution is 0.242. The smallest absolute Gasteiger partial charge is 0.120 e. The van der Waals surface area contributed by atoms with Gasteiger partial charge in [-0.1, -0.05) is 6.07 Å². The number of pyridine rings is 1. The van der Waals surface area contributed by atoms with Crippen molar-refractivity contribution in [3.05, 3.63) is 53.3 Å². The molecule has 3 nitrogen and oxygen atoms in total. The van der Waals surface area contributed by atoms with Crippen molar-refractivity contribution >= 4 is 5.69 Å². The highest BCUT2D eigenvalue weighted by Gasteiger charge is 2.03. The lowest BCUT2D eigenvalue weighted by Gasteiger charge is -2.14. The Morgan fingerprint density at radius 3 is 2.55 bits per heavy atom. The van der Waals surface area contributed by atoms with Crippen molar-refractivity contribution in [2.75, 3.05) is 5.32 Å². The Hall–Kier alpha value is -2.03. The van der Waals surface area contributed by atoms with E-state index < -0.39 is 0 Å². The summed E-state index contributed by atoms with van der Waals surface area (Å²) in [6.07, 6.45) is 2.11. The SMILES string of the molecule is Cc1ccc(CNc2ccc(OC(C)C)cc2C)cn1. The molecule has 0 bridgehead atoms. The summed E-state index contributed by atoms with van der Waals surface area (Å²) in [5.41, 5.74) is 4.53. The summed E-state index contributed by atoms with van der Waals surface area (Å²) in [4.78, 5) is 4.30. The first-order valence-electron chi connectivity index (χ1n) is 6.97. The molecular weight excluding hydrogens is 248 g/mol. The Bertz CT molecular complexity index is 562. The van der Waals surface area contributed by atoms with Crippen LogP contribution in [0.4, 0.5) is 5.69 Å². The molecule has 106 valence electrons. The number of aromatic nitrogens is 1. The third-order valence-electron chi connectivity index (χ3n) is 3.03. The highest BCUT2D eigenvalue weighted by molar-refractivity contribution is 5.53. The average Bonchev–Trinajstić information content (AvgIpc) is 2.39. The van der Waals surface area contributed by atoms with Gasteiger partial charge in [0.05, 0.1) is 6.10 Å². The number of hydrogen-bond acceptors (Lipinski definition) is 3. The van der Waals surface area contributed by atoms with E-state index in [4.69, 9.17) is 4.74 Å². The van der Waals surface area contributed by atoms with Gasteiger partial charge in [-0.2, -0.15) is 0 Å². The van der Waals surface area contributed by atoms with Crippen LogP contribution in [0.25, 0.3) is 0 Å². The van der Waals surface area contributed by atoms with E-state index in [9.17, 15) is 0 Å². The molecule has 20 heavy (non-hydrogen) atoms. The molecule has 0 fully saturated rings. The zero-order valence-corrected chi connectivity index (χ0v) is 12.6. The molecule has 1 aromatic carbocycles. The fourth-order valence-electron chi connectivity index (χ4n) is 1.98. The molecule has 0 spiro atoms. The van der Waals surface area contributed by atoms with Crippen molar-refractivity contribution in [2.24, 2.45) is 0 Å². The number of nitrogens with zero attached hydrogens (tertiary/aromatic N) is 1. The number of rotatable bonds is 5. The molecule has 1 N–H and O–H groups in total. The van der Waals surface area contributed by atoms with Gasteiger partial charge in [0.25, 0.3) is 0 Å². The number of nitrogens with one attached hydrogen (secondary N) is 1. The van der Waals surface area contributed by atoms with Crippen molar-refractivity contribution < 1.29 is 4.74 Å². The van der Waals surface area contributed by atoms with Gasteiger partial charge in [0.1, 0.15) is 5.75 Å². The van der Waals surface area contributed by atoms with E-state index in [0.29, 0.717) is 0 Å². The molecule has 0 aliphatic carbocycles. The summed E-state index contributed by atoms with van der Waals surface area (Å²) >= 11 is 0. The number of hydrogen-bond donors (Lipinski definition) is 1. The maximum absolute atomic E-state index is 5.69. The number of ether oxygens (including phenoxy) is 1. The molecular formula is C17H22N2O. The molecule has 0 aliphatic rings. The third kappa shape index (κ3) is 3.98. The Morgan fingerprint density at radius 2 is 1.95 bits per heavy atom. The molecule has 2 rings (SSSR count). The number of anilines is 1. The Morgan fingerprint density at radius 1 is 1.15 bits per heavy atom. The molecule has 0 amide bonds. The predicted molar refractivity (Wildman–Crippen MR) is 83.2 cm³/mol. The third-order valence-corrected chi connectivity index (χ3v) is 3.03. The fourth-order valence-corrected chi connectivity index (χ4v) is 1.98. The van der Waals surface area contributed by atoms with Gasteiger partial charge in [0, 0.05) is 24.1 Å². The first-order chi connectivity index (χ1) is 9.54. The maximum Gasteiger partial charge on any atom is 0.120 e. The number of benzene rings is 1.